The van der Waals surface area contributed by atoms with Gasteiger partial charge in [0.1, 0.15) is 5.78 Å². The van der Waals surface area contributed by atoms with Crippen LogP contribution in [-0.2, 0) is 10.2 Å². The standard InChI is InChI=1S/C12H15O/c1-10(13)9-12(2,3)11-7-5-4-6-8-11/h4-8H,1,9H2,2-3H3. The van der Waals surface area contributed by atoms with Crippen LogP contribution in [0.1, 0.15) is 25.8 Å². The van der Waals surface area contributed by atoms with Crippen LogP contribution < -0.4 is 0 Å². The average Bonchev–Trinajstić information content (AvgIpc) is 2.04. The van der Waals surface area contributed by atoms with Gasteiger partial charge in [-0.1, -0.05) is 44.2 Å². The van der Waals surface area contributed by atoms with Crippen molar-refractivity contribution in [1.29, 1.82) is 0 Å². The van der Waals surface area contributed by atoms with E-state index in [-0.39, 0.29) is 11.2 Å². The quantitative estimate of drug-likeness (QED) is 0.690. The van der Waals surface area contributed by atoms with E-state index in [4.69, 9.17) is 0 Å². The second kappa shape index (κ2) is 3.73. The van der Waals surface area contributed by atoms with E-state index in [1.165, 1.54) is 5.56 Å². The van der Waals surface area contributed by atoms with Crippen LogP contribution in [0.5, 0.6) is 0 Å². The van der Waals surface area contributed by atoms with Gasteiger partial charge in [0.25, 0.3) is 0 Å². The third-order valence-electron chi connectivity index (χ3n) is 2.19. The molecule has 0 aromatic heterocycles. The van der Waals surface area contributed by atoms with E-state index in [0.29, 0.717) is 6.42 Å². The Morgan fingerprint density at radius 1 is 1.31 bits per heavy atom. The van der Waals surface area contributed by atoms with E-state index in [0.717, 1.165) is 0 Å². The fraction of sp³-hybridized carbons (Fsp3) is 0.333. The maximum atomic E-state index is 10.9. The predicted molar refractivity (Wildman–Crippen MR) is 54.4 cm³/mol. The van der Waals surface area contributed by atoms with E-state index in [9.17, 15) is 4.79 Å². The van der Waals surface area contributed by atoms with Crippen molar-refractivity contribution in [1.82, 2.24) is 0 Å². The molecule has 1 heteroatoms. The van der Waals surface area contributed by atoms with Gasteiger partial charge in [-0.15, -0.1) is 0 Å². The number of hydrogen-bond acceptors (Lipinski definition) is 1. The Bertz CT molecular complexity index is 285. The lowest BCUT2D eigenvalue weighted by Gasteiger charge is -2.23. The first-order valence-electron chi connectivity index (χ1n) is 4.43. The monoisotopic (exact) mass is 175 g/mol. The zero-order valence-electron chi connectivity index (χ0n) is 8.21. The van der Waals surface area contributed by atoms with Crippen LogP contribution in [0.4, 0.5) is 0 Å². The summed E-state index contributed by atoms with van der Waals surface area (Å²) in [6, 6.07) is 10.0. The van der Waals surface area contributed by atoms with Gasteiger partial charge in [0.05, 0.1) is 0 Å². The molecule has 0 amide bonds. The highest BCUT2D eigenvalue weighted by molar-refractivity contribution is 5.83. The van der Waals surface area contributed by atoms with Gasteiger partial charge in [-0.3, -0.25) is 4.79 Å². The van der Waals surface area contributed by atoms with Crippen molar-refractivity contribution in [2.24, 2.45) is 0 Å². The lowest BCUT2D eigenvalue weighted by molar-refractivity contribution is -0.115. The second-order valence-corrected chi connectivity index (χ2v) is 3.97. The van der Waals surface area contributed by atoms with Crippen LogP contribution >= 0.6 is 0 Å². The molecule has 13 heavy (non-hydrogen) atoms. The maximum Gasteiger partial charge on any atom is 0.134 e. The van der Waals surface area contributed by atoms with Crippen LogP contribution in [0.25, 0.3) is 0 Å². The molecule has 0 unspecified atom stereocenters. The Kier molecular flexibility index (Phi) is 2.86. The van der Waals surface area contributed by atoms with Gasteiger partial charge in [-0.05, 0) is 11.0 Å². The molecule has 1 rings (SSSR count). The molecule has 0 aliphatic rings. The summed E-state index contributed by atoms with van der Waals surface area (Å²) in [6.07, 6.45) is 0.497. The largest absolute Gasteiger partial charge is 0.300 e. The van der Waals surface area contributed by atoms with Crippen molar-refractivity contribution in [3.63, 3.8) is 0 Å². The van der Waals surface area contributed by atoms with Crippen molar-refractivity contribution in [3.05, 3.63) is 42.8 Å². The average molecular weight is 175 g/mol. The number of rotatable bonds is 3. The fourth-order valence-electron chi connectivity index (χ4n) is 1.48. The Labute approximate surface area is 79.8 Å². The van der Waals surface area contributed by atoms with Gasteiger partial charge in [0.2, 0.25) is 0 Å². The van der Waals surface area contributed by atoms with Crippen molar-refractivity contribution in [3.8, 4) is 0 Å². The van der Waals surface area contributed by atoms with Crippen molar-refractivity contribution in [2.45, 2.75) is 25.7 Å². The maximum absolute atomic E-state index is 10.9. The van der Waals surface area contributed by atoms with E-state index < -0.39 is 0 Å². The molecule has 0 N–H and O–H groups in total. The van der Waals surface area contributed by atoms with Gasteiger partial charge in [0, 0.05) is 13.3 Å². The summed E-state index contributed by atoms with van der Waals surface area (Å²) in [5.41, 5.74) is 1.09. The molecule has 0 aliphatic heterocycles. The molecule has 0 saturated heterocycles. The summed E-state index contributed by atoms with van der Waals surface area (Å²) in [6.45, 7) is 7.53. The van der Waals surface area contributed by atoms with E-state index in [1.54, 1.807) is 0 Å². The predicted octanol–water partition coefficient (Wildman–Crippen LogP) is 2.76. The normalized spacial score (nSPS) is 11.3. The van der Waals surface area contributed by atoms with Gasteiger partial charge in [-0.2, -0.15) is 0 Å². The Balaban J connectivity index is 2.87. The van der Waals surface area contributed by atoms with E-state index in [2.05, 4.69) is 20.8 Å². The summed E-state index contributed by atoms with van der Waals surface area (Å²) in [5.74, 6) is -0.00569. The van der Waals surface area contributed by atoms with Gasteiger partial charge in [-0.25, -0.2) is 0 Å². The summed E-state index contributed by atoms with van der Waals surface area (Å²) in [5, 5.41) is 0. The van der Waals surface area contributed by atoms with Crippen LogP contribution in [0.3, 0.4) is 0 Å². The van der Waals surface area contributed by atoms with Crippen molar-refractivity contribution >= 4 is 5.78 Å². The Hall–Kier alpha value is -1.11. The molecule has 1 aromatic carbocycles. The van der Waals surface area contributed by atoms with Crippen LogP contribution in [0.15, 0.2) is 30.3 Å². The molecule has 0 spiro atoms. The van der Waals surface area contributed by atoms with Crippen LogP contribution in [0, 0.1) is 6.92 Å². The summed E-state index contributed by atoms with van der Waals surface area (Å²) in [7, 11) is 0. The first-order valence-corrected chi connectivity index (χ1v) is 4.43. The lowest BCUT2D eigenvalue weighted by atomic mass is 9.80. The van der Waals surface area contributed by atoms with E-state index >= 15 is 0 Å². The first-order chi connectivity index (χ1) is 6.02. The van der Waals surface area contributed by atoms with Gasteiger partial charge >= 0.3 is 0 Å². The highest BCUT2D eigenvalue weighted by Crippen LogP contribution is 2.26. The number of Topliss-reactive ketones (excluding diaryl/α,β-unsaturated/α-hetero) is 1. The first kappa shape index (κ1) is 9.97. The minimum absolute atomic E-state index is 0.00569. The summed E-state index contributed by atoms with van der Waals surface area (Å²) in [4.78, 5) is 10.9. The van der Waals surface area contributed by atoms with Crippen LogP contribution in [0.2, 0.25) is 0 Å². The second-order valence-electron chi connectivity index (χ2n) is 3.97. The molecular weight excluding hydrogens is 160 g/mol. The van der Waals surface area contributed by atoms with Crippen LogP contribution in [-0.4, -0.2) is 5.78 Å². The smallest absolute Gasteiger partial charge is 0.134 e. The molecule has 1 nitrogen and oxygen atoms in total. The molecule has 0 fully saturated rings. The molecule has 0 atom stereocenters. The summed E-state index contributed by atoms with van der Waals surface area (Å²) >= 11 is 0. The van der Waals surface area contributed by atoms with Crippen molar-refractivity contribution < 1.29 is 4.79 Å². The number of ketones is 1. The summed E-state index contributed by atoms with van der Waals surface area (Å²) < 4.78 is 0. The van der Waals surface area contributed by atoms with Crippen molar-refractivity contribution in [2.75, 3.05) is 0 Å². The third-order valence-corrected chi connectivity index (χ3v) is 2.19. The molecule has 1 aromatic rings. The minimum Gasteiger partial charge on any atom is -0.300 e. The minimum atomic E-state index is -0.0971. The number of carbonyl (C=O) groups excluding carboxylic acids is 1. The molecular formula is C12H15O. The molecule has 0 heterocycles. The Morgan fingerprint density at radius 3 is 2.31 bits per heavy atom. The highest BCUT2D eigenvalue weighted by atomic mass is 16.1. The zero-order chi connectivity index (χ0) is 9.90. The topological polar surface area (TPSA) is 17.1 Å². The molecule has 69 valence electrons. The highest BCUT2D eigenvalue weighted by Gasteiger charge is 2.21. The van der Waals surface area contributed by atoms with Gasteiger partial charge < -0.3 is 0 Å². The SMILES string of the molecule is [CH2]C(=O)CC(C)(C)c1ccccc1. The zero-order valence-corrected chi connectivity index (χ0v) is 8.21. The number of carbonyl (C=O) groups is 1. The third kappa shape index (κ3) is 2.69. The lowest BCUT2D eigenvalue weighted by Crippen LogP contribution is -2.20. The van der Waals surface area contributed by atoms with E-state index in [1.807, 2.05) is 30.3 Å². The molecule has 1 radical (unpaired) electrons. The molecule has 0 aliphatic carbocycles. The molecule has 0 saturated carbocycles. The molecule has 0 bridgehead atoms. The fourth-order valence-corrected chi connectivity index (χ4v) is 1.48. The Morgan fingerprint density at radius 2 is 1.85 bits per heavy atom. The number of benzene rings is 1. The van der Waals surface area contributed by atoms with Gasteiger partial charge in [0.15, 0.2) is 0 Å². The number of hydrogen-bond donors (Lipinski definition) is 0.